The second kappa shape index (κ2) is 6.31. The number of rotatable bonds is 4. The standard InChI is InChI=1S/C21H31N3O/c1-23(2)21(18-9-4-3-5-10-18)13-11-20(12-14-21)16-22-19(25)24(20)15-17-7-6-8-17/h3-5,9-10,17H,6-8,11-16H2,1-2H3,(H,22,25)/t20-,21+. The van der Waals surface area contributed by atoms with E-state index in [1.54, 1.807) is 0 Å². The Balaban J connectivity index is 1.55. The van der Waals surface area contributed by atoms with Gasteiger partial charge >= 0.3 is 6.03 Å². The lowest BCUT2D eigenvalue weighted by Crippen LogP contribution is -2.56. The highest BCUT2D eigenvalue weighted by atomic mass is 16.2. The summed E-state index contributed by atoms with van der Waals surface area (Å²) in [7, 11) is 4.41. The van der Waals surface area contributed by atoms with Crippen LogP contribution < -0.4 is 5.32 Å². The lowest BCUT2D eigenvalue weighted by molar-refractivity contribution is 0.0170. The Morgan fingerprint density at radius 3 is 2.36 bits per heavy atom. The van der Waals surface area contributed by atoms with Gasteiger partial charge in [0, 0.05) is 18.6 Å². The quantitative estimate of drug-likeness (QED) is 0.908. The van der Waals surface area contributed by atoms with Crippen molar-refractivity contribution in [1.82, 2.24) is 15.1 Å². The summed E-state index contributed by atoms with van der Waals surface area (Å²) in [5, 5.41) is 3.15. The Hall–Kier alpha value is -1.55. The van der Waals surface area contributed by atoms with Gasteiger partial charge in [0.1, 0.15) is 0 Å². The molecule has 0 radical (unpaired) electrons. The van der Waals surface area contributed by atoms with Gasteiger partial charge in [-0.15, -0.1) is 0 Å². The average Bonchev–Trinajstić information content (AvgIpc) is 2.88. The van der Waals surface area contributed by atoms with E-state index in [9.17, 15) is 4.79 Å². The fourth-order valence-electron chi connectivity index (χ4n) is 5.17. The van der Waals surface area contributed by atoms with Gasteiger partial charge in [-0.25, -0.2) is 4.79 Å². The molecule has 1 aromatic rings. The van der Waals surface area contributed by atoms with Crippen LogP contribution in [0.4, 0.5) is 4.79 Å². The van der Waals surface area contributed by atoms with Crippen molar-refractivity contribution < 1.29 is 4.79 Å². The first-order valence-electron chi connectivity index (χ1n) is 9.84. The first-order chi connectivity index (χ1) is 12.1. The van der Waals surface area contributed by atoms with Crippen LogP contribution in [-0.2, 0) is 5.54 Å². The molecule has 1 aliphatic heterocycles. The zero-order valence-corrected chi connectivity index (χ0v) is 15.6. The molecule has 3 fully saturated rings. The Kier molecular flexibility index (Phi) is 4.27. The molecule has 4 heteroatoms. The van der Waals surface area contributed by atoms with Gasteiger partial charge in [-0.3, -0.25) is 4.90 Å². The third-order valence-corrected chi connectivity index (χ3v) is 7.23. The lowest BCUT2D eigenvalue weighted by atomic mass is 9.68. The van der Waals surface area contributed by atoms with Crippen LogP contribution in [0.2, 0.25) is 0 Å². The molecule has 1 aromatic carbocycles. The Morgan fingerprint density at radius 2 is 1.80 bits per heavy atom. The maximum atomic E-state index is 12.5. The summed E-state index contributed by atoms with van der Waals surface area (Å²) in [6, 6.07) is 11.1. The molecule has 136 valence electrons. The van der Waals surface area contributed by atoms with Crippen LogP contribution in [-0.4, -0.2) is 48.6 Å². The normalized spacial score (nSPS) is 32.9. The lowest BCUT2D eigenvalue weighted by Gasteiger charge is -2.51. The van der Waals surface area contributed by atoms with Crippen molar-refractivity contribution in [3.63, 3.8) is 0 Å². The molecule has 2 aliphatic carbocycles. The van der Waals surface area contributed by atoms with Gasteiger partial charge < -0.3 is 10.2 Å². The first-order valence-corrected chi connectivity index (χ1v) is 9.84. The van der Waals surface area contributed by atoms with Crippen molar-refractivity contribution in [2.24, 2.45) is 5.92 Å². The van der Waals surface area contributed by atoms with Crippen molar-refractivity contribution in [2.75, 3.05) is 27.2 Å². The van der Waals surface area contributed by atoms with Crippen LogP contribution >= 0.6 is 0 Å². The Labute approximate surface area is 151 Å². The molecule has 0 aromatic heterocycles. The molecular weight excluding hydrogens is 310 g/mol. The number of hydrogen-bond acceptors (Lipinski definition) is 2. The number of nitrogens with one attached hydrogen (secondary N) is 1. The summed E-state index contributed by atoms with van der Waals surface area (Å²) >= 11 is 0. The number of benzene rings is 1. The topological polar surface area (TPSA) is 35.6 Å². The highest BCUT2D eigenvalue weighted by Gasteiger charge is 2.52. The molecule has 3 aliphatic rings. The van der Waals surface area contributed by atoms with Crippen molar-refractivity contribution in [2.45, 2.75) is 56.0 Å². The molecule has 2 saturated carbocycles. The molecule has 1 N–H and O–H groups in total. The molecule has 1 heterocycles. The number of urea groups is 1. The molecule has 0 atom stereocenters. The second-order valence-electron chi connectivity index (χ2n) is 8.58. The first kappa shape index (κ1) is 16.9. The Morgan fingerprint density at radius 1 is 1.12 bits per heavy atom. The minimum Gasteiger partial charge on any atom is -0.336 e. The average molecular weight is 341 g/mol. The predicted octanol–water partition coefficient (Wildman–Crippen LogP) is 3.58. The van der Waals surface area contributed by atoms with Crippen molar-refractivity contribution in [3.05, 3.63) is 35.9 Å². The van der Waals surface area contributed by atoms with Crippen LogP contribution in [0.25, 0.3) is 0 Å². The molecule has 1 spiro atoms. The van der Waals surface area contributed by atoms with E-state index in [0.717, 1.165) is 44.7 Å². The molecule has 4 nitrogen and oxygen atoms in total. The minimum atomic E-state index is 0.0426. The van der Waals surface area contributed by atoms with Crippen LogP contribution in [0.3, 0.4) is 0 Å². The molecule has 0 unspecified atom stereocenters. The van der Waals surface area contributed by atoms with Crippen LogP contribution in [0, 0.1) is 5.92 Å². The number of carbonyl (C=O) groups excluding carboxylic acids is 1. The van der Waals surface area contributed by atoms with E-state index < -0.39 is 0 Å². The van der Waals surface area contributed by atoms with Crippen molar-refractivity contribution >= 4 is 6.03 Å². The summed E-state index contributed by atoms with van der Waals surface area (Å²) in [6.45, 7) is 1.79. The number of carbonyl (C=O) groups is 1. The van der Waals surface area contributed by atoms with Gasteiger partial charge in [0.15, 0.2) is 0 Å². The molecule has 1 saturated heterocycles. The van der Waals surface area contributed by atoms with E-state index in [0.29, 0.717) is 0 Å². The zero-order chi connectivity index (χ0) is 17.5. The van der Waals surface area contributed by atoms with Gasteiger partial charge in [-0.1, -0.05) is 36.8 Å². The smallest absolute Gasteiger partial charge is 0.318 e. The molecule has 4 rings (SSSR count). The fraction of sp³-hybridized carbons (Fsp3) is 0.667. The number of hydrogen-bond donors (Lipinski definition) is 1. The fourth-order valence-corrected chi connectivity index (χ4v) is 5.17. The maximum Gasteiger partial charge on any atom is 0.318 e. The van der Waals surface area contributed by atoms with Crippen molar-refractivity contribution in [3.8, 4) is 0 Å². The van der Waals surface area contributed by atoms with E-state index in [4.69, 9.17) is 0 Å². The van der Waals surface area contributed by atoms with Crippen molar-refractivity contribution in [1.29, 1.82) is 0 Å². The van der Waals surface area contributed by atoms with E-state index >= 15 is 0 Å². The zero-order valence-electron chi connectivity index (χ0n) is 15.6. The third-order valence-electron chi connectivity index (χ3n) is 7.23. The summed E-state index contributed by atoms with van der Waals surface area (Å²) in [6.07, 6.45) is 8.33. The SMILES string of the molecule is CN(C)[C@]1(c2ccccc2)CC[C@]2(CC1)CNC(=O)N2CC1CCC1. The summed E-state index contributed by atoms with van der Waals surface area (Å²) < 4.78 is 0. The van der Waals surface area contributed by atoms with E-state index in [1.165, 1.54) is 24.8 Å². The van der Waals surface area contributed by atoms with Gasteiger partial charge in [-0.05, 0) is 64.1 Å². The highest BCUT2D eigenvalue weighted by Crippen LogP contribution is 2.48. The molecule has 25 heavy (non-hydrogen) atoms. The van der Waals surface area contributed by atoms with E-state index in [1.807, 2.05) is 0 Å². The maximum absolute atomic E-state index is 12.5. The Bertz CT molecular complexity index is 615. The minimum absolute atomic E-state index is 0.0426. The van der Waals surface area contributed by atoms with Crippen LogP contribution in [0.5, 0.6) is 0 Å². The third kappa shape index (κ3) is 2.75. The molecular formula is C21H31N3O. The van der Waals surface area contributed by atoms with Gasteiger partial charge in [-0.2, -0.15) is 0 Å². The summed E-state index contributed by atoms with van der Waals surface area (Å²) in [4.78, 5) is 17.1. The number of amides is 2. The van der Waals surface area contributed by atoms with Gasteiger partial charge in [0.25, 0.3) is 0 Å². The largest absolute Gasteiger partial charge is 0.336 e. The summed E-state index contributed by atoms with van der Waals surface area (Å²) in [5.41, 5.74) is 1.55. The van der Waals surface area contributed by atoms with Crippen LogP contribution in [0.15, 0.2) is 30.3 Å². The van der Waals surface area contributed by atoms with Gasteiger partial charge in [0.2, 0.25) is 0 Å². The summed E-state index contributed by atoms with van der Waals surface area (Å²) in [5.74, 6) is 0.732. The van der Waals surface area contributed by atoms with Crippen LogP contribution in [0.1, 0.15) is 50.5 Å². The second-order valence-corrected chi connectivity index (χ2v) is 8.58. The molecule has 0 bridgehead atoms. The van der Waals surface area contributed by atoms with Gasteiger partial charge in [0.05, 0.1) is 5.54 Å². The van der Waals surface area contributed by atoms with E-state index in [-0.39, 0.29) is 17.1 Å². The monoisotopic (exact) mass is 341 g/mol. The number of nitrogens with zero attached hydrogens (tertiary/aromatic N) is 2. The predicted molar refractivity (Wildman–Crippen MR) is 100 cm³/mol. The molecule has 2 amide bonds. The highest BCUT2D eigenvalue weighted by molar-refractivity contribution is 5.78. The van der Waals surface area contributed by atoms with E-state index in [2.05, 4.69) is 59.5 Å².